The maximum absolute atomic E-state index is 14.6. The fraction of sp³-hybridized carbons (Fsp3) is 0.154. The first-order valence-corrected chi connectivity index (χ1v) is 11.8. The molecular weight excluding hydrogens is 423 g/mol. The van der Waals surface area contributed by atoms with Gasteiger partial charge in [0, 0.05) is 10.8 Å². The minimum absolute atomic E-state index is 0.00874. The van der Waals surface area contributed by atoms with Gasteiger partial charge < -0.3 is 19.3 Å². The molecule has 0 aliphatic carbocycles. The highest BCUT2D eigenvalue weighted by atomic mass is 31.2. The monoisotopic (exact) mass is 448 g/mol. The van der Waals surface area contributed by atoms with Crippen molar-refractivity contribution in [1.29, 1.82) is 0 Å². The van der Waals surface area contributed by atoms with Crippen molar-refractivity contribution >= 4 is 23.7 Å². The molecule has 5 nitrogen and oxygen atoms in total. The number of phenols is 2. The number of aromatic hydroxyl groups is 2. The molecule has 0 saturated carbocycles. The zero-order valence-corrected chi connectivity index (χ0v) is 19.3. The minimum Gasteiger partial charge on any atom is -0.507 e. The van der Waals surface area contributed by atoms with Crippen LogP contribution >= 0.6 is 7.60 Å². The number of phenolic OH excluding ortho intramolecular Hbond substituents is 2. The van der Waals surface area contributed by atoms with E-state index in [1.54, 1.807) is 18.2 Å². The van der Waals surface area contributed by atoms with Gasteiger partial charge in [-0.25, -0.2) is 4.57 Å². The average Bonchev–Trinajstić information content (AvgIpc) is 2.74. The van der Waals surface area contributed by atoms with Crippen LogP contribution in [0.2, 0.25) is 0 Å². The van der Waals surface area contributed by atoms with Gasteiger partial charge in [0.2, 0.25) is 0 Å². The van der Waals surface area contributed by atoms with Gasteiger partial charge in [-0.2, -0.15) is 0 Å². The normalized spacial score (nSPS) is 11.5. The molecule has 0 atom stereocenters. The number of fused-ring (bicyclic) bond motifs is 1. The Morgan fingerprint density at radius 3 is 1.56 bits per heavy atom. The highest BCUT2D eigenvalue weighted by Crippen LogP contribution is 2.53. The van der Waals surface area contributed by atoms with Crippen molar-refractivity contribution in [2.45, 2.75) is 27.7 Å². The Labute approximate surface area is 187 Å². The standard InChI is InChI=1S/C26H25O5P/c1-16-8-5-9-17(2)24(16)30-32(29,31-25-18(3)10-6-11-19(25)4)26-21-12-7-13-22(27)20(21)14-15-23(26)28/h5-15,27-28H,1-4H3. The summed E-state index contributed by atoms with van der Waals surface area (Å²) in [6.45, 7) is 7.45. The number of benzene rings is 4. The second-order valence-corrected chi connectivity index (χ2v) is 9.73. The smallest absolute Gasteiger partial charge is 0.467 e. The Balaban J connectivity index is 2.01. The lowest BCUT2D eigenvalue weighted by Crippen LogP contribution is -2.18. The zero-order chi connectivity index (χ0) is 23.0. The van der Waals surface area contributed by atoms with Crippen LogP contribution < -0.4 is 14.4 Å². The molecule has 0 amide bonds. The molecule has 164 valence electrons. The number of aryl methyl sites for hydroxylation is 4. The van der Waals surface area contributed by atoms with Gasteiger partial charge in [0.1, 0.15) is 28.3 Å². The van der Waals surface area contributed by atoms with E-state index in [0.717, 1.165) is 22.3 Å². The maximum atomic E-state index is 14.6. The first-order valence-electron chi connectivity index (χ1n) is 10.3. The third-order valence-corrected chi connectivity index (χ3v) is 7.37. The van der Waals surface area contributed by atoms with Gasteiger partial charge in [-0.15, -0.1) is 0 Å². The Morgan fingerprint density at radius 1 is 0.594 bits per heavy atom. The molecule has 0 saturated heterocycles. The summed E-state index contributed by atoms with van der Waals surface area (Å²) in [6.07, 6.45) is 0. The molecular formula is C26H25O5P. The summed E-state index contributed by atoms with van der Waals surface area (Å²) in [5.74, 6) is 0.635. The quantitative estimate of drug-likeness (QED) is 0.343. The van der Waals surface area contributed by atoms with Crippen LogP contribution in [0.3, 0.4) is 0 Å². The van der Waals surface area contributed by atoms with E-state index in [-0.39, 0.29) is 16.8 Å². The molecule has 0 heterocycles. The Morgan fingerprint density at radius 2 is 1.06 bits per heavy atom. The largest absolute Gasteiger partial charge is 0.507 e. The van der Waals surface area contributed by atoms with E-state index >= 15 is 0 Å². The fourth-order valence-electron chi connectivity index (χ4n) is 3.84. The predicted molar refractivity (Wildman–Crippen MR) is 128 cm³/mol. The highest BCUT2D eigenvalue weighted by Gasteiger charge is 2.38. The van der Waals surface area contributed by atoms with E-state index in [4.69, 9.17) is 9.05 Å². The molecule has 4 aromatic rings. The molecule has 0 bridgehead atoms. The van der Waals surface area contributed by atoms with Crippen LogP contribution in [0, 0.1) is 27.7 Å². The summed E-state index contributed by atoms with van der Waals surface area (Å²) < 4.78 is 27.0. The second kappa shape index (κ2) is 8.25. The van der Waals surface area contributed by atoms with Crippen LogP contribution in [0.25, 0.3) is 10.8 Å². The summed E-state index contributed by atoms with van der Waals surface area (Å²) >= 11 is 0. The van der Waals surface area contributed by atoms with E-state index in [9.17, 15) is 14.8 Å². The van der Waals surface area contributed by atoms with Crippen LogP contribution in [-0.4, -0.2) is 10.2 Å². The SMILES string of the molecule is Cc1cccc(C)c1OP(=O)(Oc1c(C)cccc1C)c1c(O)ccc2c(O)cccc12. The summed E-state index contributed by atoms with van der Waals surface area (Å²) in [6, 6.07) is 19.0. The van der Waals surface area contributed by atoms with Gasteiger partial charge in [-0.1, -0.05) is 48.5 Å². The van der Waals surface area contributed by atoms with Gasteiger partial charge in [0.05, 0.1) is 0 Å². The van der Waals surface area contributed by atoms with Gasteiger partial charge in [-0.05, 0) is 68.1 Å². The Hall–Kier alpha value is -3.43. The lowest BCUT2D eigenvalue weighted by Gasteiger charge is -2.25. The van der Waals surface area contributed by atoms with Crippen LogP contribution in [0.5, 0.6) is 23.0 Å². The van der Waals surface area contributed by atoms with Gasteiger partial charge in [0.25, 0.3) is 0 Å². The van der Waals surface area contributed by atoms with Crippen molar-refractivity contribution in [1.82, 2.24) is 0 Å². The van der Waals surface area contributed by atoms with Gasteiger partial charge in [-0.3, -0.25) is 0 Å². The van der Waals surface area contributed by atoms with E-state index in [0.29, 0.717) is 22.3 Å². The molecule has 0 radical (unpaired) electrons. The van der Waals surface area contributed by atoms with E-state index in [1.807, 2.05) is 64.1 Å². The van der Waals surface area contributed by atoms with Gasteiger partial charge in [0.15, 0.2) is 0 Å². The van der Waals surface area contributed by atoms with Crippen LogP contribution in [0.4, 0.5) is 0 Å². The molecule has 2 N–H and O–H groups in total. The number of hydrogen-bond donors (Lipinski definition) is 2. The van der Waals surface area contributed by atoms with Crippen molar-refractivity contribution in [3.05, 3.63) is 89.0 Å². The molecule has 4 rings (SSSR count). The summed E-state index contributed by atoms with van der Waals surface area (Å²) in [5, 5.41) is 22.1. The molecule has 6 heteroatoms. The Kier molecular flexibility index (Phi) is 5.62. The van der Waals surface area contributed by atoms with E-state index in [2.05, 4.69) is 0 Å². The third kappa shape index (κ3) is 3.80. The van der Waals surface area contributed by atoms with Crippen LogP contribution in [-0.2, 0) is 4.57 Å². The Bertz CT molecular complexity index is 1280. The van der Waals surface area contributed by atoms with Gasteiger partial charge >= 0.3 is 7.60 Å². The molecule has 0 aliphatic rings. The van der Waals surface area contributed by atoms with Crippen LogP contribution in [0.1, 0.15) is 22.3 Å². The molecule has 0 fully saturated rings. The second-order valence-electron chi connectivity index (χ2n) is 7.93. The fourth-order valence-corrected chi connectivity index (χ4v) is 5.96. The summed E-state index contributed by atoms with van der Waals surface area (Å²) in [5.41, 5.74) is 3.16. The van der Waals surface area contributed by atoms with Crippen molar-refractivity contribution < 1.29 is 23.8 Å². The molecule has 0 aromatic heterocycles. The number of para-hydroxylation sites is 2. The first kappa shape index (κ1) is 21.8. The minimum atomic E-state index is -4.19. The molecule has 0 unspecified atom stereocenters. The van der Waals surface area contributed by atoms with Crippen molar-refractivity contribution in [3.8, 4) is 23.0 Å². The zero-order valence-electron chi connectivity index (χ0n) is 18.4. The van der Waals surface area contributed by atoms with E-state index in [1.165, 1.54) is 12.1 Å². The molecule has 4 aromatic carbocycles. The van der Waals surface area contributed by atoms with E-state index < -0.39 is 7.60 Å². The molecule has 0 aliphatic heterocycles. The summed E-state index contributed by atoms with van der Waals surface area (Å²) in [7, 11) is -4.19. The predicted octanol–water partition coefficient (Wildman–Crippen LogP) is 6.46. The number of hydrogen-bond acceptors (Lipinski definition) is 5. The highest BCUT2D eigenvalue weighted by molar-refractivity contribution is 7.63. The third-order valence-electron chi connectivity index (χ3n) is 5.50. The number of rotatable bonds is 5. The lowest BCUT2D eigenvalue weighted by atomic mass is 10.1. The maximum Gasteiger partial charge on any atom is 0.467 e. The van der Waals surface area contributed by atoms with Crippen molar-refractivity contribution in [2.75, 3.05) is 0 Å². The molecule has 0 spiro atoms. The van der Waals surface area contributed by atoms with Crippen LogP contribution in [0.15, 0.2) is 66.7 Å². The van der Waals surface area contributed by atoms with Crippen molar-refractivity contribution in [2.24, 2.45) is 0 Å². The van der Waals surface area contributed by atoms with Crippen molar-refractivity contribution in [3.63, 3.8) is 0 Å². The topological polar surface area (TPSA) is 76.0 Å². The first-order chi connectivity index (χ1) is 15.2. The molecule has 32 heavy (non-hydrogen) atoms. The summed E-state index contributed by atoms with van der Waals surface area (Å²) in [4.78, 5) is 0. The average molecular weight is 448 g/mol. The lowest BCUT2D eigenvalue weighted by molar-refractivity contribution is 0.392.